The van der Waals surface area contributed by atoms with E-state index in [1.165, 1.54) is 30.3 Å². The monoisotopic (exact) mass is 334 g/mol. The maximum Gasteiger partial charge on any atom is 0.429 e. The Hall–Kier alpha value is -2.63. The van der Waals surface area contributed by atoms with Gasteiger partial charge in [-0.15, -0.1) is 0 Å². The van der Waals surface area contributed by atoms with Crippen molar-refractivity contribution in [3.8, 4) is 5.75 Å². The number of hydrogen-bond acceptors (Lipinski definition) is 3. The van der Waals surface area contributed by atoms with Crippen LogP contribution in [0.1, 0.15) is 33.6 Å². The van der Waals surface area contributed by atoms with Crippen molar-refractivity contribution in [2.45, 2.75) is 24.6 Å². The average Bonchev–Trinajstić information content (AvgIpc) is 2.54. The normalized spacial score (nSPS) is 20.2. The molecular weight excluding hydrogens is 321 g/mol. The third-order valence-corrected chi connectivity index (χ3v) is 4.00. The summed E-state index contributed by atoms with van der Waals surface area (Å²) in [5.41, 5.74) is -2.59. The summed E-state index contributed by atoms with van der Waals surface area (Å²) in [5.74, 6) is -1.55. The summed E-state index contributed by atoms with van der Waals surface area (Å²) < 4.78 is 46.3. The van der Waals surface area contributed by atoms with Gasteiger partial charge in [0.1, 0.15) is 5.75 Å². The minimum absolute atomic E-state index is 0.101. The highest BCUT2D eigenvalue weighted by Crippen LogP contribution is 2.45. The number of ketones is 2. The van der Waals surface area contributed by atoms with Crippen molar-refractivity contribution in [1.29, 1.82) is 0 Å². The van der Waals surface area contributed by atoms with Crippen LogP contribution < -0.4 is 4.74 Å². The molecule has 0 aliphatic carbocycles. The zero-order valence-electron chi connectivity index (χ0n) is 12.5. The van der Waals surface area contributed by atoms with Gasteiger partial charge < -0.3 is 4.74 Å². The van der Waals surface area contributed by atoms with Crippen molar-refractivity contribution in [2.75, 3.05) is 0 Å². The summed E-state index contributed by atoms with van der Waals surface area (Å²) in [6.07, 6.45) is -6.71. The first-order valence-corrected chi connectivity index (χ1v) is 7.29. The summed E-state index contributed by atoms with van der Waals surface area (Å²) in [5, 5.41) is 0. The van der Waals surface area contributed by atoms with Crippen LogP contribution in [0.4, 0.5) is 13.2 Å². The molecule has 0 aromatic heterocycles. The van der Waals surface area contributed by atoms with Crippen LogP contribution in [-0.4, -0.2) is 23.3 Å². The molecule has 1 unspecified atom stereocenters. The SMILES string of the molecule is O=C(CC1(C(F)(F)F)CC(=O)c2ccccc2O1)c1ccccc1. The molecule has 1 atom stereocenters. The molecule has 6 heteroatoms. The summed E-state index contributed by atoms with van der Waals surface area (Å²) in [6.45, 7) is 0. The summed E-state index contributed by atoms with van der Waals surface area (Å²) in [6, 6.07) is 13.4. The maximum atomic E-state index is 13.7. The summed E-state index contributed by atoms with van der Waals surface area (Å²) >= 11 is 0. The van der Waals surface area contributed by atoms with E-state index in [2.05, 4.69) is 0 Å². The van der Waals surface area contributed by atoms with Crippen LogP contribution in [0.25, 0.3) is 0 Å². The first-order chi connectivity index (χ1) is 11.3. The van der Waals surface area contributed by atoms with E-state index >= 15 is 0 Å². The molecule has 0 fully saturated rings. The van der Waals surface area contributed by atoms with Crippen LogP contribution in [0.15, 0.2) is 54.6 Å². The van der Waals surface area contributed by atoms with Gasteiger partial charge in [-0.2, -0.15) is 13.2 Å². The van der Waals surface area contributed by atoms with E-state index in [1.807, 2.05) is 0 Å². The van der Waals surface area contributed by atoms with E-state index in [0.717, 1.165) is 0 Å². The topological polar surface area (TPSA) is 43.4 Å². The van der Waals surface area contributed by atoms with E-state index in [4.69, 9.17) is 4.74 Å². The number of fused-ring (bicyclic) bond motifs is 1. The molecule has 3 rings (SSSR count). The molecule has 0 amide bonds. The van der Waals surface area contributed by atoms with Crippen LogP contribution in [0, 0.1) is 0 Å². The van der Waals surface area contributed by atoms with Gasteiger partial charge in [0.15, 0.2) is 11.6 Å². The Morgan fingerprint density at radius 1 is 1.04 bits per heavy atom. The maximum absolute atomic E-state index is 13.7. The van der Waals surface area contributed by atoms with Crippen molar-refractivity contribution in [3.05, 3.63) is 65.7 Å². The molecule has 24 heavy (non-hydrogen) atoms. The number of Topliss-reactive ketones (excluding diaryl/α,β-unsaturated/α-hetero) is 2. The number of benzene rings is 2. The Kier molecular flexibility index (Phi) is 3.91. The summed E-state index contributed by atoms with van der Waals surface area (Å²) in [4.78, 5) is 24.5. The van der Waals surface area contributed by atoms with Crippen LogP contribution >= 0.6 is 0 Å². The lowest BCUT2D eigenvalue weighted by Gasteiger charge is -2.38. The minimum atomic E-state index is -4.86. The predicted octanol–water partition coefficient (Wildman–Crippen LogP) is 4.23. The molecule has 0 radical (unpaired) electrons. The molecule has 124 valence electrons. The molecule has 1 aliphatic rings. The lowest BCUT2D eigenvalue weighted by molar-refractivity contribution is -0.247. The molecule has 0 saturated heterocycles. The van der Waals surface area contributed by atoms with E-state index in [9.17, 15) is 22.8 Å². The smallest absolute Gasteiger partial charge is 0.429 e. The number of rotatable bonds is 3. The second-order valence-electron chi connectivity index (χ2n) is 5.66. The Labute approximate surface area is 136 Å². The molecule has 2 aromatic carbocycles. The fourth-order valence-corrected chi connectivity index (χ4v) is 2.73. The second-order valence-corrected chi connectivity index (χ2v) is 5.66. The fraction of sp³-hybridized carbons (Fsp3) is 0.222. The number of halogens is 3. The highest BCUT2D eigenvalue weighted by atomic mass is 19.4. The standard InChI is InChI=1S/C18H13F3O3/c19-18(20,21)17(10-14(22)12-6-2-1-3-7-12)11-15(23)13-8-4-5-9-16(13)24-17/h1-9H,10-11H2. The van der Waals surface area contributed by atoms with Crippen LogP contribution in [0.3, 0.4) is 0 Å². The highest BCUT2D eigenvalue weighted by molar-refractivity contribution is 6.02. The van der Waals surface area contributed by atoms with E-state index in [-0.39, 0.29) is 16.9 Å². The predicted molar refractivity (Wildman–Crippen MR) is 80.2 cm³/mol. The third kappa shape index (κ3) is 2.79. The van der Waals surface area contributed by atoms with Crippen molar-refractivity contribution in [3.63, 3.8) is 0 Å². The zero-order chi connectivity index (χ0) is 17.4. The van der Waals surface area contributed by atoms with Gasteiger partial charge >= 0.3 is 6.18 Å². The quantitative estimate of drug-likeness (QED) is 0.789. The molecule has 1 aliphatic heterocycles. The summed E-state index contributed by atoms with van der Waals surface area (Å²) in [7, 11) is 0. The van der Waals surface area contributed by atoms with Gasteiger partial charge in [0.05, 0.1) is 18.4 Å². The fourth-order valence-electron chi connectivity index (χ4n) is 2.73. The first kappa shape index (κ1) is 16.2. The van der Waals surface area contributed by atoms with Gasteiger partial charge in [0, 0.05) is 5.56 Å². The Morgan fingerprint density at radius 2 is 1.67 bits per heavy atom. The number of hydrogen-bond donors (Lipinski definition) is 0. The number of carbonyl (C=O) groups excluding carboxylic acids is 2. The highest BCUT2D eigenvalue weighted by Gasteiger charge is 2.61. The minimum Gasteiger partial charge on any atom is -0.476 e. The van der Waals surface area contributed by atoms with Crippen LogP contribution in [0.5, 0.6) is 5.75 Å². The molecule has 0 spiro atoms. The van der Waals surface area contributed by atoms with Crippen molar-refractivity contribution in [1.82, 2.24) is 0 Å². The van der Waals surface area contributed by atoms with Gasteiger partial charge in [0.2, 0.25) is 5.60 Å². The number of ether oxygens (including phenoxy) is 1. The largest absolute Gasteiger partial charge is 0.476 e. The van der Waals surface area contributed by atoms with Gasteiger partial charge in [-0.3, -0.25) is 9.59 Å². The number of carbonyl (C=O) groups is 2. The van der Waals surface area contributed by atoms with Crippen molar-refractivity contribution in [2.24, 2.45) is 0 Å². The molecule has 3 nitrogen and oxygen atoms in total. The van der Waals surface area contributed by atoms with Crippen LogP contribution in [-0.2, 0) is 0 Å². The van der Waals surface area contributed by atoms with Gasteiger partial charge in [-0.25, -0.2) is 0 Å². The molecule has 0 bridgehead atoms. The van der Waals surface area contributed by atoms with E-state index in [0.29, 0.717) is 0 Å². The van der Waals surface area contributed by atoms with Crippen molar-refractivity contribution < 1.29 is 27.5 Å². The molecule has 0 saturated carbocycles. The molecule has 1 heterocycles. The van der Waals surface area contributed by atoms with Crippen molar-refractivity contribution >= 4 is 11.6 Å². The third-order valence-electron chi connectivity index (χ3n) is 4.00. The van der Waals surface area contributed by atoms with E-state index < -0.39 is 36.2 Å². The lowest BCUT2D eigenvalue weighted by Crippen LogP contribution is -2.55. The Morgan fingerprint density at radius 3 is 2.33 bits per heavy atom. The van der Waals surface area contributed by atoms with Crippen LogP contribution in [0.2, 0.25) is 0 Å². The lowest BCUT2D eigenvalue weighted by atomic mass is 9.84. The molecule has 0 N–H and O–H groups in total. The van der Waals surface area contributed by atoms with Gasteiger partial charge in [0.25, 0.3) is 0 Å². The molecule has 2 aromatic rings. The average molecular weight is 334 g/mol. The second kappa shape index (κ2) is 5.78. The zero-order valence-corrected chi connectivity index (χ0v) is 12.5. The van der Waals surface area contributed by atoms with E-state index in [1.54, 1.807) is 24.3 Å². The molecular formula is C18H13F3O3. The Bertz CT molecular complexity index is 784. The Balaban J connectivity index is 1.99. The first-order valence-electron chi connectivity index (χ1n) is 7.29. The van der Waals surface area contributed by atoms with Gasteiger partial charge in [-0.1, -0.05) is 42.5 Å². The number of alkyl halides is 3. The van der Waals surface area contributed by atoms with Gasteiger partial charge in [-0.05, 0) is 12.1 Å². The number of para-hydroxylation sites is 1.